The first-order chi connectivity index (χ1) is 7.90. The average molecular weight is 236 g/mol. The van der Waals surface area contributed by atoms with Crippen LogP contribution in [0.1, 0.15) is 25.8 Å². The number of hydrogen-bond acceptors (Lipinski definition) is 3. The Balaban J connectivity index is 2.81. The lowest BCUT2D eigenvalue weighted by atomic mass is 9.85. The second-order valence-electron chi connectivity index (χ2n) is 5.09. The van der Waals surface area contributed by atoms with Crippen molar-refractivity contribution in [3.63, 3.8) is 0 Å². The van der Waals surface area contributed by atoms with Gasteiger partial charge in [-0.25, -0.2) is 0 Å². The van der Waals surface area contributed by atoms with Crippen molar-refractivity contribution < 1.29 is 5.11 Å². The average Bonchev–Trinajstić information content (AvgIpc) is 2.27. The molecule has 2 unspecified atom stereocenters. The summed E-state index contributed by atoms with van der Waals surface area (Å²) >= 11 is 0. The van der Waals surface area contributed by atoms with Crippen LogP contribution in [0.4, 0.5) is 0 Å². The maximum Gasteiger partial charge on any atom is 0.115 e. The van der Waals surface area contributed by atoms with Crippen molar-refractivity contribution in [2.75, 3.05) is 14.1 Å². The molecule has 1 aromatic rings. The molecule has 3 heteroatoms. The van der Waals surface area contributed by atoms with Crippen LogP contribution in [0.3, 0.4) is 0 Å². The Morgan fingerprint density at radius 3 is 2.53 bits per heavy atom. The predicted octanol–water partition coefficient (Wildman–Crippen LogP) is 1.99. The summed E-state index contributed by atoms with van der Waals surface area (Å²) in [6.07, 6.45) is 1.77. The van der Waals surface area contributed by atoms with Crippen LogP contribution in [0.25, 0.3) is 0 Å². The molecule has 1 rings (SSSR count). The predicted molar refractivity (Wildman–Crippen MR) is 72.2 cm³/mol. The molecule has 0 radical (unpaired) electrons. The highest BCUT2D eigenvalue weighted by Gasteiger charge is 2.31. The largest absolute Gasteiger partial charge is 0.508 e. The summed E-state index contributed by atoms with van der Waals surface area (Å²) in [5, 5.41) is 9.44. The Morgan fingerprint density at radius 1 is 1.41 bits per heavy atom. The van der Waals surface area contributed by atoms with E-state index < -0.39 is 0 Å². The first-order valence-electron chi connectivity index (χ1n) is 6.11. The van der Waals surface area contributed by atoms with E-state index in [4.69, 9.17) is 5.73 Å². The molecule has 0 fully saturated rings. The van der Waals surface area contributed by atoms with Gasteiger partial charge in [-0.15, -0.1) is 0 Å². The van der Waals surface area contributed by atoms with Gasteiger partial charge in [-0.1, -0.05) is 19.1 Å². The molecule has 0 aliphatic carbocycles. The van der Waals surface area contributed by atoms with Gasteiger partial charge in [0.1, 0.15) is 5.75 Å². The molecule has 0 spiro atoms. The maximum absolute atomic E-state index is 9.44. The Bertz CT molecular complexity index is 365. The van der Waals surface area contributed by atoms with Crippen LogP contribution in [-0.4, -0.2) is 35.7 Å². The highest BCUT2D eigenvalue weighted by Crippen LogP contribution is 2.23. The zero-order chi connectivity index (χ0) is 13.1. The summed E-state index contributed by atoms with van der Waals surface area (Å²) in [4.78, 5) is 2.18. The number of aromatic hydroxyl groups is 1. The summed E-state index contributed by atoms with van der Waals surface area (Å²) in [6.45, 7) is 4.34. The van der Waals surface area contributed by atoms with Crippen molar-refractivity contribution in [1.29, 1.82) is 0 Å². The van der Waals surface area contributed by atoms with Crippen molar-refractivity contribution in [3.8, 4) is 5.75 Å². The molecule has 17 heavy (non-hydrogen) atoms. The topological polar surface area (TPSA) is 49.5 Å². The van der Waals surface area contributed by atoms with E-state index in [1.165, 1.54) is 0 Å². The van der Waals surface area contributed by atoms with E-state index in [2.05, 4.69) is 32.8 Å². The van der Waals surface area contributed by atoms with Crippen molar-refractivity contribution in [3.05, 3.63) is 29.8 Å². The molecule has 0 aliphatic heterocycles. The van der Waals surface area contributed by atoms with Gasteiger partial charge < -0.3 is 15.7 Å². The number of likely N-dealkylation sites (N-methyl/N-ethyl adjacent to an activating group) is 1. The first-order valence-corrected chi connectivity index (χ1v) is 6.11. The number of phenols is 1. The van der Waals surface area contributed by atoms with Gasteiger partial charge in [0, 0.05) is 11.6 Å². The normalized spacial score (nSPS) is 16.8. The van der Waals surface area contributed by atoms with Crippen LogP contribution in [0.2, 0.25) is 0 Å². The molecule has 0 heterocycles. The van der Waals surface area contributed by atoms with E-state index in [0.717, 1.165) is 18.4 Å². The van der Waals surface area contributed by atoms with E-state index >= 15 is 0 Å². The molecule has 2 atom stereocenters. The number of rotatable bonds is 5. The molecule has 0 aliphatic rings. The molecular formula is C14H24N2O. The zero-order valence-electron chi connectivity index (χ0n) is 11.3. The summed E-state index contributed by atoms with van der Waals surface area (Å²) < 4.78 is 0. The van der Waals surface area contributed by atoms with Crippen LogP contribution in [0.15, 0.2) is 24.3 Å². The van der Waals surface area contributed by atoms with Crippen molar-refractivity contribution in [2.24, 2.45) is 5.73 Å². The third kappa shape index (κ3) is 3.20. The summed E-state index contributed by atoms with van der Waals surface area (Å²) in [7, 11) is 4.12. The van der Waals surface area contributed by atoms with Crippen LogP contribution < -0.4 is 5.73 Å². The summed E-state index contributed by atoms with van der Waals surface area (Å²) in [5.74, 6) is 0.303. The van der Waals surface area contributed by atoms with Gasteiger partial charge in [0.25, 0.3) is 0 Å². The van der Waals surface area contributed by atoms with Crippen molar-refractivity contribution in [2.45, 2.75) is 38.3 Å². The molecule has 0 aromatic heterocycles. The van der Waals surface area contributed by atoms with Crippen LogP contribution in [0, 0.1) is 0 Å². The molecular weight excluding hydrogens is 212 g/mol. The number of nitrogens with two attached hydrogens (primary N) is 1. The third-order valence-corrected chi connectivity index (χ3v) is 3.90. The molecule has 96 valence electrons. The minimum absolute atomic E-state index is 0.0224. The molecule has 0 saturated carbocycles. The Morgan fingerprint density at radius 2 is 2.06 bits per heavy atom. The Kier molecular flexibility index (Phi) is 4.54. The second kappa shape index (κ2) is 5.52. The number of phenolic OH excluding ortho intramolecular Hbond substituents is 1. The SMILES string of the molecule is CCC(C)(C(N)Cc1cccc(O)c1)N(C)C. The monoisotopic (exact) mass is 236 g/mol. The third-order valence-electron chi connectivity index (χ3n) is 3.90. The lowest BCUT2D eigenvalue weighted by molar-refractivity contribution is 0.131. The van der Waals surface area contributed by atoms with E-state index in [1.54, 1.807) is 12.1 Å². The van der Waals surface area contributed by atoms with Gasteiger partial charge in [-0.3, -0.25) is 0 Å². The summed E-state index contributed by atoms with van der Waals surface area (Å²) in [5.41, 5.74) is 7.38. The fourth-order valence-electron chi connectivity index (χ4n) is 2.07. The standard InChI is InChI=1S/C14H24N2O/c1-5-14(2,16(3)4)13(15)10-11-7-6-8-12(17)9-11/h6-9,13,17H,5,10,15H2,1-4H3. The van der Waals surface area contributed by atoms with Gasteiger partial charge in [0.2, 0.25) is 0 Å². The molecule has 1 aromatic carbocycles. The molecule has 0 saturated heterocycles. The van der Waals surface area contributed by atoms with E-state index in [0.29, 0.717) is 5.75 Å². The van der Waals surface area contributed by atoms with E-state index in [1.807, 2.05) is 12.1 Å². The van der Waals surface area contributed by atoms with E-state index in [9.17, 15) is 5.11 Å². The van der Waals surface area contributed by atoms with Crippen LogP contribution in [-0.2, 0) is 6.42 Å². The fraction of sp³-hybridized carbons (Fsp3) is 0.571. The van der Waals surface area contributed by atoms with Crippen LogP contribution in [0.5, 0.6) is 5.75 Å². The zero-order valence-corrected chi connectivity index (χ0v) is 11.3. The number of nitrogens with zero attached hydrogens (tertiary/aromatic N) is 1. The maximum atomic E-state index is 9.44. The Hall–Kier alpha value is -1.06. The van der Waals surface area contributed by atoms with Crippen LogP contribution >= 0.6 is 0 Å². The highest BCUT2D eigenvalue weighted by atomic mass is 16.3. The highest BCUT2D eigenvalue weighted by molar-refractivity contribution is 5.28. The minimum Gasteiger partial charge on any atom is -0.508 e. The summed E-state index contributed by atoms with van der Waals surface area (Å²) in [6, 6.07) is 7.37. The number of benzene rings is 1. The van der Waals surface area contributed by atoms with Crippen molar-refractivity contribution in [1.82, 2.24) is 4.90 Å². The number of hydrogen-bond donors (Lipinski definition) is 2. The molecule has 3 nitrogen and oxygen atoms in total. The van der Waals surface area contributed by atoms with Gasteiger partial charge in [0.05, 0.1) is 0 Å². The van der Waals surface area contributed by atoms with Gasteiger partial charge in [-0.2, -0.15) is 0 Å². The molecule has 3 N–H and O–H groups in total. The smallest absolute Gasteiger partial charge is 0.115 e. The lowest BCUT2D eigenvalue weighted by Gasteiger charge is -2.41. The van der Waals surface area contributed by atoms with Gasteiger partial charge >= 0.3 is 0 Å². The molecule has 0 bridgehead atoms. The fourth-order valence-corrected chi connectivity index (χ4v) is 2.07. The van der Waals surface area contributed by atoms with Crippen molar-refractivity contribution >= 4 is 0 Å². The minimum atomic E-state index is -0.0224. The van der Waals surface area contributed by atoms with E-state index in [-0.39, 0.29) is 11.6 Å². The lowest BCUT2D eigenvalue weighted by Crippen LogP contribution is -2.55. The first kappa shape index (κ1) is 14.0. The Labute approximate surface area is 104 Å². The molecule has 0 amide bonds. The van der Waals surface area contributed by atoms with Gasteiger partial charge in [-0.05, 0) is 51.6 Å². The quantitative estimate of drug-likeness (QED) is 0.822. The van der Waals surface area contributed by atoms with Gasteiger partial charge in [0.15, 0.2) is 0 Å². The second-order valence-corrected chi connectivity index (χ2v) is 5.09.